The Balaban J connectivity index is 1.39. The molecule has 0 unspecified atom stereocenters. The first kappa shape index (κ1) is 21.8. The highest BCUT2D eigenvalue weighted by Crippen LogP contribution is 2.30. The highest BCUT2D eigenvalue weighted by Gasteiger charge is 2.08. The van der Waals surface area contributed by atoms with Gasteiger partial charge in [-0.25, -0.2) is 5.43 Å². The third-order valence-corrected chi connectivity index (χ3v) is 7.29. The van der Waals surface area contributed by atoms with Crippen molar-refractivity contribution >= 4 is 58.6 Å². The lowest BCUT2D eigenvalue weighted by Crippen LogP contribution is -2.19. The number of halogens is 1. The van der Waals surface area contributed by atoms with E-state index in [1.165, 1.54) is 34.2 Å². The number of hydrazone groups is 1. The predicted molar refractivity (Wildman–Crippen MR) is 123 cm³/mol. The summed E-state index contributed by atoms with van der Waals surface area (Å²) in [5.41, 5.74) is 5.92. The predicted octanol–water partition coefficient (Wildman–Crippen LogP) is 5.29. The maximum atomic E-state index is 11.9. The number of nitrogens with one attached hydrogen (secondary N) is 1. The first-order valence-electron chi connectivity index (χ1n) is 8.87. The molecule has 0 aliphatic carbocycles. The molecule has 0 saturated carbocycles. The summed E-state index contributed by atoms with van der Waals surface area (Å²) >= 11 is 10.3. The van der Waals surface area contributed by atoms with E-state index in [4.69, 9.17) is 11.6 Å². The third-order valence-electron chi connectivity index (χ3n) is 3.78. The third kappa shape index (κ3) is 7.47. The Morgan fingerprint density at radius 2 is 1.72 bits per heavy atom. The zero-order chi connectivity index (χ0) is 20.5. The van der Waals surface area contributed by atoms with Crippen LogP contribution in [0, 0.1) is 0 Å². The van der Waals surface area contributed by atoms with Gasteiger partial charge in [0, 0.05) is 10.8 Å². The summed E-state index contributed by atoms with van der Waals surface area (Å²) in [7, 11) is 0. The Bertz CT molecular complexity index is 959. The summed E-state index contributed by atoms with van der Waals surface area (Å²) in [5, 5.41) is 13.0. The Labute approximate surface area is 187 Å². The van der Waals surface area contributed by atoms with E-state index in [2.05, 4.69) is 39.8 Å². The fourth-order valence-electron chi connectivity index (χ4n) is 2.22. The van der Waals surface area contributed by atoms with Crippen LogP contribution in [-0.2, 0) is 17.0 Å². The molecule has 9 heteroatoms. The minimum Gasteiger partial charge on any atom is -0.272 e. The lowest BCUT2D eigenvalue weighted by atomic mass is 10.1. The summed E-state index contributed by atoms with van der Waals surface area (Å²) in [4.78, 5) is 11.9. The molecule has 0 atom stereocenters. The molecule has 0 spiro atoms. The van der Waals surface area contributed by atoms with Crippen molar-refractivity contribution in [3.05, 3.63) is 70.2 Å². The molecule has 3 aromatic rings. The van der Waals surface area contributed by atoms with Crippen molar-refractivity contribution in [3.63, 3.8) is 0 Å². The number of benzene rings is 2. The number of amides is 1. The second-order valence-electron chi connectivity index (χ2n) is 5.93. The molecule has 0 saturated heterocycles. The first-order valence-corrected chi connectivity index (χ1v) is 12.0. The standard InChI is InChI=1S/C20H19ClN4OS3/c1-2-14-3-5-15(6-4-14)11-22-23-18(26)13-28-20-25-24-19(29-20)27-12-16-7-9-17(21)10-8-16/h3-11H,2,12-13H2,1H3,(H,23,26). The van der Waals surface area contributed by atoms with Gasteiger partial charge in [0.15, 0.2) is 8.68 Å². The van der Waals surface area contributed by atoms with Crippen molar-refractivity contribution in [2.24, 2.45) is 5.10 Å². The van der Waals surface area contributed by atoms with Crippen molar-refractivity contribution < 1.29 is 4.79 Å². The van der Waals surface area contributed by atoms with Gasteiger partial charge in [0.1, 0.15) is 0 Å². The summed E-state index contributed by atoms with van der Waals surface area (Å²) in [5.74, 6) is 0.857. The van der Waals surface area contributed by atoms with Gasteiger partial charge in [-0.05, 0) is 35.2 Å². The average molecular weight is 463 g/mol. The Kier molecular flexibility index (Phi) is 8.54. The van der Waals surface area contributed by atoms with Crippen molar-refractivity contribution in [2.75, 3.05) is 5.75 Å². The van der Waals surface area contributed by atoms with E-state index in [0.29, 0.717) is 0 Å². The van der Waals surface area contributed by atoms with E-state index in [9.17, 15) is 4.79 Å². The second-order valence-corrected chi connectivity index (χ2v) is 9.78. The molecule has 2 aromatic carbocycles. The number of nitrogens with zero attached hydrogens (tertiary/aromatic N) is 3. The lowest BCUT2D eigenvalue weighted by molar-refractivity contribution is -0.118. The molecule has 3 rings (SSSR count). The SMILES string of the molecule is CCc1ccc(C=NNC(=O)CSc2nnc(SCc3ccc(Cl)cc3)s2)cc1. The molecule has 5 nitrogen and oxygen atoms in total. The molecule has 1 heterocycles. The number of aromatic nitrogens is 2. The second kappa shape index (κ2) is 11.3. The first-order chi connectivity index (χ1) is 14.1. The molecule has 0 aliphatic rings. The summed E-state index contributed by atoms with van der Waals surface area (Å²) in [6.07, 6.45) is 2.64. The van der Waals surface area contributed by atoms with Crippen LogP contribution in [0.25, 0.3) is 0 Å². The lowest BCUT2D eigenvalue weighted by Gasteiger charge is -1.99. The molecule has 1 amide bonds. The van der Waals surface area contributed by atoms with Crippen LogP contribution in [0.3, 0.4) is 0 Å². The monoisotopic (exact) mass is 462 g/mol. The summed E-state index contributed by atoms with van der Waals surface area (Å²) < 4.78 is 1.63. The quantitative estimate of drug-likeness (QED) is 0.266. The Hall–Kier alpha value is -1.87. The minimum atomic E-state index is -0.179. The highest BCUT2D eigenvalue weighted by molar-refractivity contribution is 8.03. The van der Waals surface area contributed by atoms with Crippen molar-refractivity contribution in [2.45, 2.75) is 27.8 Å². The van der Waals surface area contributed by atoms with Gasteiger partial charge in [0.25, 0.3) is 5.91 Å². The van der Waals surface area contributed by atoms with Crippen LogP contribution in [0.5, 0.6) is 0 Å². The highest BCUT2D eigenvalue weighted by atomic mass is 35.5. The fraction of sp³-hybridized carbons (Fsp3) is 0.200. The average Bonchev–Trinajstić information content (AvgIpc) is 3.20. The van der Waals surface area contributed by atoms with Gasteiger partial charge in [-0.1, -0.05) is 89.8 Å². The maximum absolute atomic E-state index is 11.9. The number of hydrogen-bond donors (Lipinski definition) is 1. The van der Waals surface area contributed by atoms with Gasteiger partial charge in [0.05, 0.1) is 12.0 Å². The molecule has 29 heavy (non-hydrogen) atoms. The van der Waals surface area contributed by atoms with Crippen LogP contribution >= 0.6 is 46.5 Å². The van der Waals surface area contributed by atoms with E-state index in [-0.39, 0.29) is 11.7 Å². The van der Waals surface area contributed by atoms with Crippen molar-refractivity contribution in [1.29, 1.82) is 0 Å². The topological polar surface area (TPSA) is 67.2 Å². The van der Waals surface area contributed by atoms with Crippen molar-refractivity contribution in [3.8, 4) is 0 Å². The molecule has 0 fully saturated rings. The largest absolute Gasteiger partial charge is 0.272 e. The van der Waals surface area contributed by atoms with Gasteiger partial charge >= 0.3 is 0 Å². The number of hydrogen-bond acceptors (Lipinski definition) is 7. The van der Waals surface area contributed by atoms with Crippen LogP contribution in [0.4, 0.5) is 0 Å². The van der Waals surface area contributed by atoms with Gasteiger partial charge in [-0.3, -0.25) is 4.79 Å². The maximum Gasteiger partial charge on any atom is 0.250 e. The van der Waals surface area contributed by atoms with Crippen LogP contribution in [0.1, 0.15) is 23.6 Å². The molecule has 150 valence electrons. The van der Waals surface area contributed by atoms with E-state index in [0.717, 1.165) is 31.4 Å². The van der Waals surface area contributed by atoms with Gasteiger partial charge < -0.3 is 0 Å². The number of aryl methyl sites for hydroxylation is 1. The fourth-order valence-corrected chi connectivity index (χ4v) is 5.11. The van der Waals surface area contributed by atoms with E-state index in [1.54, 1.807) is 18.0 Å². The van der Waals surface area contributed by atoms with Crippen LogP contribution in [-0.4, -0.2) is 28.1 Å². The molecule has 1 N–H and O–H groups in total. The van der Waals surface area contributed by atoms with Gasteiger partial charge in [-0.2, -0.15) is 5.10 Å². The normalized spacial score (nSPS) is 11.1. The van der Waals surface area contributed by atoms with Crippen LogP contribution in [0.2, 0.25) is 5.02 Å². The number of carbonyl (C=O) groups excluding carboxylic acids is 1. The van der Waals surface area contributed by atoms with Gasteiger partial charge in [0.2, 0.25) is 0 Å². The summed E-state index contributed by atoms with van der Waals surface area (Å²) in [6, 6.07) is 15.8. The van der Waals surface area contributed by atoms with Crippen LogP contribution < -0.4 is 5.43 Å². The molecule has 0 bridgehead atoms. The number of rotatable bonds is 9. The number of thioether (sulfide) groups is 2. The van der Waals surface area contributed by atoms with Crippen molar-refractivity contribution in [1.82, 2.24) is 15.6 Å². The molecule has 0 aliphatic heterocycles. The van der Waals surface area contributed by atoms with E-state index >= 15 is 0 Å². The summed E-state index contributed by atoms with van der Waals surface area (Å²) in [6.45, 7) is 2.11. The van der Waals surface area contributed by atoms with Gasteiger partial charge in [-0.15, -0.1) is 10.2 Å². The van der Waals surface area contributed by atoms with Crippen LogP contribution in [0.15, 0.2) is 62.3 Å². The van der Waals surface area contributed by atoms with E-state index < -0.39 is 0 Å². The molecular weight excluding hydrogens is 444 g/mol. The smallest absolute Gasteiger partial charge is 0.250 e. The zero-order valence-electron chi connectivity index (χ0n) is 15.7. The van der Waals surface area contributed by atoms with E-state index in [1.807, 2.05) is 36.4 Å². The minimum absolute atomic E-state index is 0.179. The Morgan fingerprint density at radius 1 is 1.07 bits per heavy atom. The molecule has 1 aromatic heterocycles. The Morgan fingerprint density at radius 3 is 2.41 bits per heavy atom. The molecular formula is C20H19ClN4OS3. The number of carbonyl (C=O) groups is 1. The zero-order valence-corrected chi connectivity index (χ0v) is 18.9. The molecule has 0 radical (unpaired) electrons.